The highest BCUT2D eigenvalue weighted by Gasteiger charge is 2.24. The Morgan fingerprint density at radius 1 is 1.44 bits per heavy atom. The minimum atomic E-state index is 0. The molecule has 2 fully saturated rings. The summed E-state index contributed by atoms with van der Waals surface area (Å²) in [5.74, 6) is 0.867. The number of morpholine rings is 1. The highest BCUT2D eigenvalue weighted by molar-refractivity contribution is 5.85. The number of hydrogen-bond donors (Lipinski definition) is 1. The molecule has 0 radical (unpaired) electrons. The van der Waals surface area contributed by atoms with E-state index in [2.05, 4.69) is 17.1 Å². The Morgan fingerprint density at radius 2 is 2.31 bits per heavy atom. The molecule has 0 spiro atoms. The number of nitrogens with one attached hydrogen (secondary N) is 1. The van der Waals surface area contributed by atoms with E-state index in [1.165, 1.54) is 38.9 Å². The van der Waals surface area contributed by atoms with Gasteiger partial charge < -0.3 is 10.1 Å². The first kappa shape index (κ1) is 14.2. The lowest BCUT2D eigenvalue weighted by molar-refractivity contribution is -0.0167. The van der Waals surface area contributed by atoms with E-state index >= 15 is 0 Å². The second-order valence-electron chi connectivity index (χ2n) is 4.84. The average Bonchev–Trinajstić information content (AvgIpc) is 2.31. The molecule has 0 saturated carbocycles. The van der Waals surface area contributed by atoms with Gasteiger partial charge in [0.1, 0.15) is 0 Å². The molecule has 2 saturated heterocycles. The van der Waals surface area contributed by atoms with E-state index in [0.717, 1.165) is 25.7 Å². The first-order valence-corrected chi connectivity index (χ1v) is 6.42. The molecule has 0 amide bonds. The summed E-state index contributed by atoms with van der Waals surface area (Å²) < 4.78 is 5.54. The van der Waals surface area contributed by atoms with Crippen molar-refractivity contribution in [2.45, 2.75) is 32.2 Å². The summed E-state index contributed by atoms with van der Waals surface area (Å²) >= 11 is 0. The van der Waals surface area contributed by atoms with Crippen molar-refractivity contribution >= 4 is 12.4 Å². The molecule has 2 aliphatic heterocycles. The molecule has 2 unspecified atom stereocenters. The predicted octanol–water partition coefficient (Wildman–Crippen LogP) is 1.52. The van der Waals surface area contributed by atoms with Crippen LogP contribution in [0.25, 0.3) is 0 Å². The van der Waals surface area contributed by atoms with Crippen molar-refractivity contribution < 1.29 is 4.74 Å². The topological polar surface area (TPSA) is 24.5 Å². The summed E-state index contributed by atoms with van der Waals surface area (Å²) in [5, 5.41) is 3.50. The van der Waals surface area contributed by atoms with Gasteiger partial charge in [-0.2, -0.15) is 0 Å². The molecule has 2 heterocycles. The smallest absolute Gasteiger partial charge is 0.0622 e. The molecule has 2 atom stereocenters. The summed E-state index contributed by atoms with van der Waals surface area (Å²) in [6.07, 6.45) is 3.98. The van der Waals surface area contributed by atoms with Gasteiger partial charge in [0.2, 0.25) is 0 Å². The van der Waals surface area contributed by atoms with E-state index in [1.54, 1.807) is 0 Å². The van der Waals surface area contributed by atoms with Crippen molar-refractivity contribution in [3.8, 4) is 0 Å². The summed E-state index contributed by atoms with van der Waals surface area (Å²) in [6.45, 7) is 8.98. The minimum Gasteiger partial charge on any atom is -0.378 e. The number of nitrogens with zero attached hydrogens (tertiary/aromatic N) is 1. The van der Waals surface area contributed by atoms with Crippen molar-refractivity contribution in [2.75, 3.05) is 39.4 Å². The number of rotatable bonds is 3. The molecule has 0 aliphatic carbocycles. The lowest BCUT2D eigenvalue weighted by Crippen LogP contribution is -2.49. The van der Waals surface area contributed by atoms with Gasteiger partial charge in [0.15, 0.2) is 0 Å². The zero-order chi connectivity index (χ0) is 10.5. The second-order valence-corrected chi connectivity index (χ2v) is 4.84. The third-order valence-electron chi connectivity index (χ3n) is 3.71. The van der Waals surface area contributed by atoms with Crippen LogP contribution < -0.4 is 5.32 Å². The summed E-state index contributed by atoms with van der Waals surface area (Å²) in [4.78, 5) is 2.64. The van der Waals surface area contributed by atoms with Crippen LogP contribution in [0.15, 0.2) is 0 Å². The molecule has 1 N–H and O–H groups in total. The van der Waals surface area contributed by atoms with E-state index in [9.17, 15) is 0 Å². The molecular weight excluding hydrogens is 224 g/mol. The van der Waals surface area contributed by atoms with Crippen LogP contribution in [0.1, 0.15) is 26.2 Å². The highest BCUT2D eigenvalue weighted by atomic mass is 35.5. The van der Waals surface area contributed by atoms with E-state index in [1.807, 2.05) is 0 Å². The maximum atomic E-state index is 5.54. The summed E-state index contributed by atoms with van der Waals surface area (Å²) in [7, 11) is 0. The normalized spacial score (nSPS) is 32.1. The van der Waals surface area contributed by atoms with Crippen LogP contribution in [0.4, 0.5) is 0 Å². The minimum absolute atomic E-state index is 0. The van der Waals surface area contributed by atoms with Crippen LogP contribution in [0, 0.1) is 5.92 Å². The molecule has 0 bridgehead atoms. The van der Waals surface area contributed by atoms with Gasteiger partial charge in [0.05, 0.1) is 13.2 Å². The Balaban J connectivity index is 0.00000128. The van der Waals surface area contributed by atoms with Crippen molar-refractivity contribution in [1.29, 1.82) is 0 Å². The molecule has 0 aromatic carbocycles. The monoisotopic (exact) mass is 248 g/mol. The Bertz CT molecular complexity index is 186. The zero-order valence-corrected chi connectivity index (χ0v) is 11.1. The van der Waals surface area contributed by atoms with Crippen LogP contribution in [0.5, 0.6) is 0 Å². The molecular formula is C12H25ClN2O. The van der Waals surface area contributed by atoms with Crippen LogP contribution in [-0.2, 0) is 4.74 Å². The van der Waals surface area contributed by atoms with E-state index in [0.29, 0.717) is 6.04 Å². The summed E-state index contributed by atoms with van der Waals surface area (Å²) in [5.41, 5.74) is 0. The van der Waals surface area contributed by atoms with Gasteiger partial charge in [-0.15, -0.1) is 12.4 Å². The zero-order valence-electron chi connectivity index (χ0n) is 10.3. The van der Waals surface area contributed by atoms with Gasteiger partial charge in [-0.1, -0.05) is 6.92 Å². The van der Waals surface area contributed by atoms with E-state index < -0.39 is 0 Å². The average molecular weight is 249 g/mol. The first-order chi connectivity index (χ1) is 7.40. The number of ether oxygens (including phenoxy) is 1. The summed E-state index contributed by atoms with van der Waals surface area (Å²) in [6, 6.07) is 0.667. The molecule has 3 nitrogen and oxygen atoms in total. The number of hydrogen-bond acceptors (Lipinski definition) is 3. The fourth-order valence-corrected chi connectivity index (χ4v) is 2.72. The van der Waals surface area contributed by atoms with Crippen molar-refractivity contribution in [1.82, 2.24) is 10.2 Å². The van der Waals surface area contributed by atoms with E-state index in [4.69, 9.17) is 4.74 Å². The van der Waals surface area contributed by atoms with Crippen molar-refractivity contribution in [3.05, 3.63) is 0 Å². The maximum Gasteiger partial charge on any atom is 0.0622 e. The molecule has 16 heavy (non-hydrogen) atoms. The number of piperidine rings is 1. The fourth-order valence-electron chi connectivity index (χ4n) is 2.72. The van der Waals surface area contributed by atoms with Gasteiger partial charge in [-0.05, 0) is 38.3 Å². The first-order valence-electron chi connectivity index (χ1n) is 6.42. The maximum absolute atomic E-state index is 5.54. The quantitative estimate of drug-likeness (QED) is 0.820. The van der Waals surface area contributed by atoms with Crippen molar-refractivity contribution in [2.24, 2.45) is 5.92 Å². The second kappa shape index (κ2) is 7.49. The Morgan fingerprint density at radius 3 is 3.00 bits per heavy atom. The van der Waals surface area contributed by atoms with Gasteiger partial charge in [0, 0.05) is 19.1 Å². The van der Waals surface area contributed by atoms with Gasteiger partial charge in [-0.25, -0.2) is 0 Å². The standard InChI is InChI=1S/C12H24N2O.ClH/c1-2-12-10-15-7-6-14(12)9-11-4-3-5-13-8-11;/h11-13H,2-10H2,1H3;1H. The van der Waals surface area contributed by atoms with Crippen LogP contribution in [-0.4, -0.2) is 50.3 Å². The molecule has 4 heteroatoms. The molecule has 2 aliphatic rings. The van der Waals surface area contributed by atoms with Gasteiger partial charge in [0.25, 0.3) is 0 Å². The fraction of sp³-hybridized carbons (Fsp3) is 1.00. The highest BCUT2D eigenvalue weighted by Crippen LogP contribution is 2.16. The lowest BCUT2D eigenvalue weighted by Gasteiger charge is -2.38. The van der Waals surface area contributed by atoms with Gasteiger partial charge in [-0.3, -0.25) is 4.90 Å². The van der Waals surface area contributed by atoms with Crippen molar-refractivity contribution in [3.63, 3.8) is 0 Å². The molecule has 0 aromatic heterocycles. The Labute approximate surface area is 105 Å². The van der Waals surface area contributed by atoms with Crippen LogP contribution >= 0.6 is 12.4 Å². The molecule has 96 valence electrons. The number of halogens is 1. The molecule has 0 aromatic rings. The van der Waals surface area contributed by atoms with E-state index in [-0.39, 0.29) is 12.4 Å². The Hall–Kier alpha value is 0.170. The molecule has 2 rings (SSSR count). The SMILES string of the molecule is CCC1COCCN1CC1CCCNC1.Cl. The van der Waals surface area contributed by atoms with Gasteiger partial charge >= 0.3 is 0 Å². The van der Waals surface area contributed by atoms with Crippen LogP contribution in [0.2, 0.25) is 0 Å². The Kier molecular flexibility index (Phi) is 6.66. The largest absolute Gasteiger partial charge is 0.378 e. The third kappa shape index (κ3) is 3.88. The lowest BCUT2D eigenvalue weighted by atomic mass is 9.98. The predicted molar refractivity (Wildman–Crippen MR) is 69.3 cm³/mol. The van der Waals surface area contributed by atoms with Crippen LogP contribution in [0.3, 0.4) is 0 Å². The third-order valence-corrected chi connectivity index (χ3v) is 3.71.